The van der Waals surface area contributed by atoms with Gasteiger partial charge in [0.25, 0.3) is 0 Å². The average molecular weight is 479 g/mol. The van der Waals surface area contributed by atoms with Crippen LogP contribution in [0.4, 0.5) is 0 Å². The van der Waals surface area contributed by atoms with E-state index in [0.717, 1.165) is 47.7 Å². The molecule has 0 radical (unpaired) electrons. The number of nitrogens with zero attached hydrogens (tertiary/aromatic N) is 2. The number of benzene rings is 3. The maximum Gasteiger partial charge on any atom is 0.162 e. The van der Waals surface area contributed by atoms with Crippen LogP contribution in [-0.4, -0.2) is 15.0 Å². The predicted molar refractivity (Wildman–Crippen MR) is 118 cm³/mol. The van der Waals surface area contributed by atoms with E-state index in [1.807, 2.05) is 48.5 Å². The Morgan fingerprint density at radius 1 is 0.667 bits per heavy atom. The van der Waals surface area contributed by atoms with E-state index in [4.69, 9.17) is 9.97 Å². The molecule has 27 heavy (non-hydrogen) atoms. The van der Waals surface area contributed by atoms with Gasteiger partial charge in [-0.3, -0.25) is 0 Å². The van der Waals surface area contributed by atoms with E-state index >= 15 is 0 Å². The monoisotopic (exact) mass is 477 g/mol. The van der Waals surface area contributed by atoms with Crippen LogP contribution in [0.25, 0.3) is 44.6 Å². The maximum atomic E-state index is 4.96. The van der Waals surface area contributed by atoms with Gasteiger partial charge >= 0.3 is 0 Å². The van der Waals surface area contributed by atoms with Crippen LogP contribution in [0.5, 0.6) is 0 Å². The van der Waals surface area contributed by atoms with Crippen LogP contribution < -0.4 is 0 Å². The Bertz CT molecular complexity index is 1270. The summed E-state index contributed by atoms with van der Waals surface area (Å²) in [7, 11) is 0. The smallest absolute Gasteiger partial charge is 0.162 e. The fourth-order valence-electron chi connectivity index (χ4n) is 3.29. The topological polar surface area (TPSA) is 41.6 Å². The molecular formula is C22H13Br2N3. The lowest BCUT2D eigenvalue weighted by Crippen LogP contribution is -1.94. The first-order valence-electron chi connectivity index (χ1n) is 8.49. The van der Waals surface area contributed by atoms with Gasteiger partial charge in [0.2, 0.25) is 0 Å². The molecule has 130 valence electrons. The Morgan fingerprint density at radius 2 is 1.30 bits per heavy atom. The molecule has 0 aliphatic heterocycles. The molecule has 0 unspecified atom stereocenters. The number of H-pyrrole nitrogens is 1. The van der Waals surface area contributed by atoms with Gasteiger partial charge < -0.3 is 4.98 Å². The van der Waals surface area contributed by atoms with Crippen molar-refractivity contribution in [1.82, 2.24) is 15.0 Å². The molecule has 2 aromatic heterocycles. The first kappa shape index (κ1) is 16.7. The highest BCUT2D eigenvalue weighted by Gasteiger charge is 2.16. The van der Waals surface area contributed by atoms with Crippen molar-refractivity contribution in [2.45, 2.75) is 0 Å². The van der Waals surface area contributed by atoms with Crippen molar-refractivity contribution >= 4 is 53.8 Å². The minimum atomic E-state index is 0.708. The number of para-hydroxylation sites is 1. The van der Waals surface area contributed by atoms with E-state index in [9.17, 15) is 0 Å². The van der Waals surface area contributed by atoms with E-state index in [2.05, 4.69) is 61.1 Å². The predicted octanol–water partition coefficient (Wildman–Crippen LogP) is 6.97. The first-order valence-corrected chi connectivity index (χ1v) is 10.1. The number of aromatic nitrogens is 3. The zero-order valence-electron chi connectivity index (χ0n) is 14.1. The van der Waals surface area contributed by atoms with Gasteiger partial charge in [0.05, 0.1) is 11.1 Å². The van der Waals surface area contributed by atoms with E-state index in [1.165, 1.54) is 0 Å². The molecule has 0 saturated heterocycles. The summed E-state index contributed by atoms with van der Waals surface area (Å²) in [5.74, 6) is 0.708. The standard InChI is InChI=1S/C22H13Br2N3/c23-15-9-5-13(6-10-15)20-19-17-3-1-2-4-18(17)25-22(19)27-21(26-20)14-7-11-16(24)12-8-14/h1-12H,(H,25,26,27). The SMILES string of the molecule is Brc1ccc(-c2nc(-c3ccc(Br)cc3)c3c(n2)[nH]c2ccccc23)cc1. The van der Waals surface area contributed by atoms with Gasteiger partial charge in [0, 0.05) is 31.0 Å². The molecule has 5 heteroatoms. The molecule has 5 aromatic rings. The summed E-state index contributed by atoms with van der Waals surface area (Å²) in [5, 5.41) is 2.18. The van der Waals surface area contributed by atoms with Crippen molar-refractivity contribution in [2.24, 2.45) is 0 Å². The molecule has 0 bridgehead atoms. The van der Waals surface area contributed by atoms with Crippen molar-refractivity contribution in [3.63, 3.8) is 0 Å². The first-order chi connectivity index (χ1) is 13.2. The molecule has 0 amide bonds. The zero-order valence-corrected chi connectivity index (χ0v) is 17.3. The van der Waals surface area contributed by atoms with Crippen molar-refractivity contribution in [1.29, 1.82) is 0 Å². The van der Waals surface area contributed by atoms with Crippen LogP contribution in [0.15, 0.2) is 81.7 Å². The van der Waals surface area contributed by atoms with Crippen molar-refractivity contribution in [3.05, 3.63) is 81.7 Å². The summed E-state index contributed by atoms with van der Waals surface area (Å²) in [4.78, 5) is 13.2. The number of nitrogens with one attached hydrogen (secondary N) is 1. The molecule has 2 heterocycles. The summed E-state index contributed by atoms with van der Waals surface area (Å²) in [5.41, 5.74) is 4.89. The van der Waals surface area contributed by atoms with Gasteiger partial charge in [0.15, 0.2) is 5.82 Å². The third-order valence-corrected chi connectivity index (χ3v) is 5.64. The number of hydrogen-bond acceptors (Lipinski definition) is 2. The Labute approximate surface area is 172 Å². The summed E-state index contributed by atoms with van der Waals surface area (Å²) >= 11 is 7.00. The van der Waals surface area contributed by atoms with Gasteiger partial charge in [-0.15, -0.1) is 0 Å². The molecule has 3 nitrogen and oxygen atoms in total. The highest BCUT2D eigenvalue weighted by Crippen LogP contribution is 2.34. The number of halogens is 2. The highest BCUT2D eigenvalue weighted by molar-refractivity contribution is 9.10. The van der Waals surface area contributed by atoms with Crippen LogP contribution in [0.2, 0.25) is 0 Å². The van der Waals surface area contributed by atoms with Gasteiger partial charge in [-0.1, -0.05) is 74.3 Å². The van der Waals surface area contributed by atoms with Crippen LogP contribution >= 0.6 is 31.9 Å². The summed E-state index contributed by atoms with van der Waals surface area (Å²) in [6.45, 7) is 0. The van der Waals surface area contributed by atoms with Crippen LogP contribution in [-0.2, 0) is 0 Å². The molecular weight excluding hydrogens is 466 g/mol. The van der Waals surface area contributed by atoms with E-state index in [-0.39, 0.29) is 0 Å². The van der Waals surface area contributed by atoms with E-state index < -0.39 is 0 Å². The van der Waals surface area contributed by atoms with Crippen molar-refractivity contribution < 1.29 is 0 Å². The molecule has 3 aromatic carbocycles. The van der Waals surface area contributed by atoms with Gasteiger partial charge in [-0.05, 0) is 30.3 Å². The van der Waals surface area contributed by atoms with Crippen molar-refractivity contribution in [3.8, 4) is 22.6 Å². The Hall–Kier alpha value is -2.50. The molecule has 0 saturated carbocycles. The fourth-order valence-corrected chi connectivity index (χ4v) is 3.82. The lowest BCUT2D eigenvalue weighted by molar-refractivity contribution is 1.21. The van der Waals surface area contributed by atoms with Crippen LogP contribution in [0, 0.1) is 0 Å². The van der Waals surface area contributed by atoms with Crippen LogP contribution in [0.1, 0.15) is 0 Å². The normalized spacial score (nSPS) is 11.3. The zero-order chi connectivity index (χ0) is 18.4. The van der Waals surface area contributed by atoms with Gasteiger partial charge in [-0.2, -0.15) is 0 Å². The number of rotatable bonds is 2. The largest absolute Gasteiger partial charge is 0.339 e. The summed E-state index contributed by atoms with van der Waals surface area (Å²) < 4.78 is 2.08. The Balaban J connectivity index is 1.85. The highest BCUT2D eigenvalue weighted by atomic mass is 79.9. The van der Waals surface area contributed by atoms with Crippen LogP contribution in [0.3, 0.4) is 0 Å². The lowest BCUT2D eigenvalue weighted by atomic mass is 10.1. The quantitative estimate of drug-likeness (QED) is 0.297. The lowest BCUT2D eigenvalue weighted by Gasteiger charge is -2.08. The van der Waals surface area contributed by atoms with E-state index in [1.54, 1.807) is 0 Å². The van der Waals surface area contributed by atoms with Gasteiger partial charge in [-0.25, -0.2) is 9.97 Å². The van der Waals surface area contributed by atoms with E-state index in [0.29, 0.717) is 5.82 Å². The molecule has 0 aliphatic rings. The second-order valence-electron chi connectivity index (χ2n) is 6.30. The number of hydrogen-bond donors (Lipinski definition) is 1. The number of fused-ring (bicyclic) bond motifs is 3. The molecule has 0 fully saturated rings. The third kappa shape index (κ3) is 2.97. The third-order valence-electron chi connectivity index (χ3n) is 4.58. The minimum absolute atomic E-state index is 0.708. The molecule has 0 atom stereocenters. The van der Waals surface area contributed by atoms with Crippen molar-refractivity contribution in [2.75, 3.05) is 0 Å². The summed E-state index contributed by atoms with van der Waals surface area (Å²) in [6, 6.07) is 24.6. The Morgan fingerprint density at radius 3 is 2.00 bits per heavy atom. The molecule has 1 N–H and O–H groups in total. The average Bonchev–Trinajstić information content (AvgIpc) is 3.07. The number of aromatic amines is 1. The molecule has 5 rings (SSSR count). The second-order valence-corrected chi connectivity index (χ2v) is 8.14. The fraction of sp³-hybridized carbons (Fsp3) is 0. The molecule has 0 aliphatic carbocycles. The Kier molecular flexibility index (Phi) is 4.06. The molecule has 0 spiro atoms. The maximum absolute atomic E-state index is 4.96. The minimum Gasteiger partial charge on any atom is -0.339 e. The summed E-state index contributed by atoms with van der Waals surface area (Å²) in [6.07, 6.45) is 0. The second kappa shape index (κ2) is 6.59. The van der Waals surface area contributed by atoms with Gasteiger partial charge in [0.1, 0.15) is 5.65 Å².